The van der Waals surface area contributed by atoms with Crippen molar-refractivity contribution in [2.75, 3.05) is 11.9 Å². The van der Waals surface area contributed by atoms with Gasteiger partial charge in [-0.15, -0.1) is 0 Å². The van der Waals surface area contributed by atoms with Gasteiger partial charge in [-0.25, -0.2) is 9.18 Å². The van der Waals surface area contributed by atoms with Crippen LogP contribution in [-0.2, 0) is 25.5 Å². The summed E-state index contributed by atoms with van der Waals surface area (Å²) in [5, 5.41) is 6.00. The van der Waals surface area contributed by atoms with Gasteiger partial charge in [-0.1, -0.05) is 18.2 Å². The monoisotopic (exact) mass is 397 g/mol. The standard InChI is InChI=1S/C21H20FN3O4/c1-13(26)24-19(10-14-11-23-18-5-3-2-4-17(14)18)21(28)29-12-20(27)25-16-8-6-15(22)7-9-16/h2-9,11,19,23H,10,12H2,1H3,(H,24,26)(H,25,27). The maximum Gasteiger partial charge on any atom is 0.329 e. The highest BCUT2D eigenvalue weighted by Gasteiger charge is 2.23. The first-order valence-electron chi connectivity index (χ1n) is 8.96. The molecule has 1 unspecified atom stereocenters. The highest BCUT2D eigenvalue weighted by Crippen LogP contribution is 2.19. The summed E-state index contributed by atoms with van der Waals surface area (Å²) in [6.45, 7) is 0.775. The Bertz CT molecular complexity index is 1030. The van der Waals surface area contributed by atoms with Gasteiger partial charge in [0.25, 0.3) is 5.91 Å². The van der Waals surface area contributed by atoms with E-state index in [2.05, 4.69) is 15.6 Å². The summed E-state index contributed by atoms with van der Waals surface area (Å²) in [5.41, 5.74) is 2.13. The fourth-order valence-corrected chi connectivity index (χ4v) is 2.93. The lowest BCUT2D eigenvalue weighted by molar-refractivity contribution is -0.150. The van der Waals surface area contributed by atoms with Crippen molar-refractivity contribution >= 4 is 34.4 Å². The Morgan fingerprint density at radius 3 is 2.55 bits per heavy atom. The van der Waals surface area contributed by atoms with Crippen LogP contribution in [0.25, 0.3) is 10.9 Å². The fourth-order valence-electron chi connectivity index (χ4n) is 2.93. The first kappa shape index (κ1) is 20.1. The van der Waals surface area contributed by atoms with E-state index >= 15 is 0 Å². The lowest BCUT2D eigenvalue weighted by Gasteiger charge is -2.16. The van der Waals surface area contributed by atoms with Crippen LogP contribution in [0.1, 0.15) is 12.5 Å². The molecule has 7 nitrogen and oxygen atoms in total. The van der Waals surface area contributed by atoms with E-state index in [1.165, 1.54) is 31.2 Å². The van der Waals surface area contributed by atoms with Crippen molar-refractivity contribution in [1.29, 1.82) is 0 Å². The number of nitrogens with one attached hydrogen (secondary N) is 3. The third kappa shape index (κ3) is 5.41. The van der Waals surface area contributed by atoms with E-state index in [1.807, 2.05) is 24.3 Å². The van der Waals surface area contributed by atoms with Crippen LogP contribution < -0.4 is 10.6 Å². The summed E-state index contributed by atoms with van der Waals surface area (Å²) >= 11 is 0. The number of ether oxygens (including phenoxy) is 1. The molecule has 3 aromatic rings. The van der Waals surface area contributed by atoms with E-state index < -0.39 is 30.3 Å². The number of carbonyl (C=O) groups is 3. The second-order valence-corrected chi connectivity index (χ2v) is 6.48. The number of halogens is 1. The minimum absolute atomic E-state index is 0.210. The number of aromatic amines is 1. The summed E-state index contributed by atoms with van der Waals surface area (Å²) in [6, 6.07) is 11.8. The largest absolute Gasteiger partial charge is 0.454 e. The van der Waals surface area contributed by atoms with Crippen LogP contribution in [0.3, 0.4) is 0 Å². The molecule has 3 N–H and O–H groups in total. The van der Waals surface area contributed by atoms with Crippen molar-refractivity contribution < 1.29 is 23.5 Å². The quantitative estimate of drug-likeness (QED) is 0.534. The molecule has 2 aromatic carbocycles. The van der Waals surface area contributed by atoms with Crippen molar-refractivity contribution in [1.82, 2.24) is 10.3 Å². The lowest BCUT2D eigenvalue weighted by Crippen LogP contribution is -2.43. The van der Waals surface area contributed by atoms with Crippen molar-refractivity contribution in [3.8, 4) is 0 Å². The number of para-hydroxylation sites is 1. The number of aromatic nitrogens is 1. The van der Waals surface area contributed by atoms with E-state index in [0.29, 0.717) is 5.69 Å². The molecular formula is C21H20FN3O4. The van der Waals surface area contributed by atoms with Gasteiger partial charge in [-0.2, -0.15) is 0 Å². The molecule has 0 aliphatic carbocycles. The van der Waals surface area contributed by atoms with E-state index in [1.54, 1.807) is 6.20 Å². The molecule has 29 heavy (non-hydrogen) atoms. The Balaban J connectivity index is 1.62. The SMILES string of the molecule is CC(=O)NC(Cc1c[nH]c2ccccc12)C(=O)OCC(=O)Nc1ccc(F)cc1. The zero-order chi connectivity index (χ0) is 20.8. The predicted octanol–water partition coefficient (Wildman–Crippen LogP) is 2.54. The van der Waals surface area contributed by atoms with Gasteiger partial charge < -0.3 is 20.4 Å². The van der Waals surface area contributed by atoms with Crippen LogP contribution in [0, 0.1) is 5.82 Å². The molecule has 0 aliphatic heterocycles. The number of hydrogen-bond acceptors (Lipinski definition) is 4. The van der Waals surface area contributed by atoms with Gasteiger partial charge in [-0.05, 0) is 35.9 Å². The van der Waals surface area contributed by atoms with Crippen molar-refractivity contribution in [2.24, 2.45) is 0 Å². The molecule has 2 amide bonds. The highest BCUT2D eigenvalue weighted by molar-refractivity contribution is 5.93. The van der Waals surface area contributed by atoms with Gasteiger partial charge in [0.15, 0.2) is 6.61 Å². The Morgan fingerprint density at radius 1 is 1.10 bits per heavy atom. The Kier molecular flexibility index (Phi) is 6.23. The summed E-state index contributed by atoms with van der Waals surface area (Å²) in [5.74, 6) is -2.11. The number of H-pyrrole nitrogens is 1. The minimum Gasteiger partial charge on any atom is -0.454 e. The first-order chi connectivity index (χ1) is 13.9. The molecule has 0 fully saturated rings. The van der Waals surface area contributed by atoms with Crippen molar-refractivity contribution in [3.05, 3.63) is 66.1 Å². The van der Waals surface area contributed by atoms with Crippen molar-refractivity contribution in [3.63, 3.8) is 0 Å². The number of hydrogen-bond donors (Lipinski definition) is 3. The number of fused-ring (bicyclic) bond motifs is 1. The van der Waals surface area contributed by atoms with Gasteiger partial charge >= 0.3 is 5.97 Å². The van der Waals surface area contributed by atoms with Gasteiger partial charge in [0.2, 0.25) is 5.91 Å². The van der Waals surface area contributed by atoms with Crippen LogP contribution in [0.15, 0.2) is 54.7 Å². The van der Waals surface area contributed by atoms with E-state index in [4.69, 9.17) is 4.74 Å². The maximum absolute atomic E-state index is 12.9. The summed E-state index contributed by atoms with van der Waals surface area (Å²) in [6.07, 6.45) is 1.98. The Hall–Kier alpha value is -3.68. The second kappa shape index (κ2) is 9.01. The molecular weight excluding hydrogens is 377 g/mol. The summed E-state index contributed by atoms with van der Waals surface area (Å²) in [7, 11) is 0. The number of amides is 2. The van der Waals surface area contributed by atoms with Gasteiger partial charge in [0, 0.05) is 36.1 Å². The average molecular weight is 397 g/mol. The molecule has 1 atom stereocenters. The van der Waals surface area contributed by atoms with E-state index in [9.17, 15) is 18.8 Å². The number of rotatable bonds is 7. The molecule has 0 bridgehead atoms. The molecule has 1 heterocycles. The molecule has 3 rings (SSSR count). The Labute approximate surface area is 166 Å². The van der Waals surface area contributed by atoms with Gasteiger partial charge in [0.05, 0.1) is 0 Å². The average Bonchev–Trinajstić information content (AvgIpc) is 3.10. The topological polar surface area (TPSA) is 100 Å². The number of benzene rings is 2. The molecule has 0 radical (unpaired) electrons. The molecule has 150 valence electrons. The van der Waals surface area contributed by atoms with E-state index in [-0.39, 0.29) is 12.3 Å². The number of anilines is 1. The fraction of sp³-hybridized carbons (Fsp3) is 0.190. The molecule has 0 saturated carbocycles. The molecule has 0 saturated heterocycles. The minimum atomic E-state index is -0.940. The molecule has 0 aliphatic rings. The number of carbonyl (C=O) groups excluding carboxylic acids is 3. The second-order valence-electron chi connectivity index (χ2n) is 6.48. The first-order valence-corrected chi connectivity index (χ1v) is 8.96. The Morgan fingerprint density at radius 2 is 1.83 bits per heavy atom. The third-order valence-electron chi connectivity index (χ3n) is 4.23. The third-order valence-corrected chi connectivity index (χ3v) is 4.23. The predicted molar refractivity (Wildman–Crippen MR) is 106 cm³/mol. The smallest absolute Gasteiger partial charge is 0.329 e. The lowest BCUT2D eigenvalue weighted by atomic mass is 10.0. The molecule has 0 spiro atoms. The van der Waals surface area contributed by atoms with Crippen molar-refractivity contribution in [2.45, 2.75) is 19.4 Å². The maximum atomic E-state index is 12.9. The molecule has 8 heteroatoms. The number of esters is 1. The van der Waals surface area contributed by atoms with Crippen LogP contribution in [0.4, 0.5) is 10.1 Å². The molecule has 1 aromatic heterocycles. The summed E-state index contributed by atoms with van der Waals surface area (Å²) < 4.78 is 18.0. The highest BCUT2D eigenvalue weighted by atomic mass is 19.1. The van der Waals surface area contributed by atoms with Gasteiger partial charge in [-0.3, -0.25) is 9.59 Å². The van der Waals surface area contributed by atoms with Crippen LogP contribution in [0.2, 0.25) is 0 Å². The normalized spacial score (nSPS) is 11.7. The van der Waals surface area contributed by atoms with Crippen LogP contribution in [-0.4, -0.2) is 35.4 Å². The zero-order valence-corrected chi connectivity index (χ0v) is 15.7. The van der Waals surface area contributed by atoms with Crippen LogP contribution >= 0.6 is 0 Å². The van der Waals surface area contributed by atoms with E-state index in [0.717, 1.165) is 16.5 Å². The van der Waals surface area contributed by atoms with Crippen LogP contribution in [0.5, 0.6) is 0 Å². The zero-order valence-electron chi connectivity index (χ0n) is 15.7. The summed E-state index contributed by atoms with van der Waals surface area (Å²) in [4.78, 5) is 39.1. The van der Waals surface area contributed by atoms with Gasteiger partial charge in [0.1, 0.15) is 11.9 Å².